The molecule has 3 nitrogen and oxygen atoms in total. The molecule has 0 rings (SSSR count). The van der Waals surface area contributed by atoms with Crippen LogP contribution in [-0.4, -0.2) is 12.7 Å². The highest BCUT2D eigenvalue weighted by Gasteiger charge is 2.39. The van der Waals surface area contributed by atoms with Crippen molar-refractivity contribution in [3.8, 4) is 0 Å². The van der Waals surface area contributed by atoms with Crippen LogP contribution in [-0.2, 0) is 13.6 Å². The van der Waals surface area contributed by atoms with Crippen LogP contribution in [0.15, 0.2) is 0 Å². The molecule has 0 aromatic rings. The van der Waals surface area contributed by atoms with E-state index in [4.69, 9.17) is 0 Å². The first-order valence-electron chi connectivity index (χ1n) is 2.15. The van der Waals surface area contributed by atoms with E-state index >= 15 is 0 Å². The molecule has 12 heavy (non-hydrogen) atoms. The Balaban J connectivity index is 3.92. The summed E-state index contributed by atoms with van der Waals surface area (Å²) in [5.41, 5.74) is 0. The van der Waals surface area contributed by atoms with Crippen LogP contribution >= 0.6 is 8.25 Å². The van der Waals surface area contributed by atoms with Crippen molar-refractivity contribution in [1.29, 1.82) is 0 Å². The van der Waals surface area contributed by atoms with Crippen LogP contribution in [0.25, 0.3) is 0 Å². The van der Waals surface area contributed by atoms with Crippen molar-refractivity contribution in [1.82, 2.24) is 0 Å². The fourth-order valence-corrected chi connectivity index (χ4v) is 0.629. The quantitative estimate of drug-likeness (QED) is 0.527. The van der Waals surface area contributed by atoms with E-state index in [1.807, 2.05) is 0 Å². The summed E-state index contributed by atoms with van der Waals surface area (Å²) >= 11 is 0. The molecule has 0 N–H and O–H groups in total. The SMILES string of the molecule is O=[PH](OC(F)(F)F)OC(F)(F)F. The monoisotopic (exact) mass is 218 g/mol. The van der Waals surface area contributed by atoms with Crippen LogP contribution in [0.2, 0.25) is 0 Å². The molecule has 0 heterocycles. The van der Waals surface area contributed by atoms with Gasteiger partial charge in [0, 0.05) is 0 Å². The van der Waals surface area contributed by atoms with Crippen molar-refractivity contribution in [3.05, 3.63) is 0 Å². The molecular formula is C2HF6O3P. The molecule has 0 unspecified atom stereocenters. The molecule has 74 valence electrons. The maximum atomic E-state index is 11.0. The van der Waals surface area contributed by atoms with Crippen LogP contribution in [0.5, 0.6) is 0 Å². The molecule has 0 aromatic carbocycles. The Morgan fingerprint density at radius 3 is 1.25 bits per heavy atom. The van der Waals surface area contributed by atoms with Gasteiger partial charge in [0.15, 0.2) is 0 Å². The van der Waals surface area contributed by atoms with Gasteiger partial charge < -0.3 is 0 Å². The topological polar surface area (TPSA) is 35.5 Å². The normalized spacial score (nSPS) is 13.9. The van der Waals surface area contributed by atoms with E-state index in [0.717, 1.165) is 0 Å². The lowest BCUT2D eigenvalue weighted by atomic mass is 11.4. The number of rotatable bonds is 2. The Morgan fingerprint density at radius 2 is 1.08 bits per heavy atom. The van der Waals surface area contributed by atoms with Crippen LogP contribution in [0.1, 0.15) is 0 Å². The highest BCUT2D eigenvalue weighted by Crippen LogP contribution is 2.39. The number of hydrogen-bond donors (Lipinski definition) is 0. The van der Waals surface area contributed by atoms with Crippen LogP contribution in [0.4, 0.5) is 26.3 Å². The van der Waals surface area contributed by atoms with Crippen LogP contribution < -0.4 is 0 Å². The zero-order valence-corrected chi connectivity index (χ0v) is 5.99. The lowest BCUT2D eigenvalue weighted by Gasteiger charge is -2.08. The summed E-state index contributed by atoms with van der Waals surface area (Å²) in [5, 5.41) is 0. The molecule has 0 atom stereocenters. The van der Waals surface area contributed by atoms with Crippen molar-refractivity contribution in [2.45, 2.75) is 12.7 Å². The molecule has 0 aliphatic carbocycles. The standard InChI is InChI=1S/C2HF6O3P/c3-1(4,5)10-12(9)11-2(6,7)8/h12H. The lowest BCUT2D eigenvalue weighted by Crippen LogP contribution is -2.13. The van der Waals surface area contributed by atoms with Gasteiger partial charge in [0.25, 0.3) is 0 Å². The van der Waals surface area contributed by atoms with Crippen LogP contribution in [0, 0.1) is 0 Å². The van der Waals surface area contributed by atoms with Crippen molar-refractivity contribution in [2.75, 3.05) is 0 Å². The summed E-state index contributed by atoms with van der Waals surface area (Å²) in [6.45, 7) is 0. The third-order valence-electron chi connectivity index (χ3n) is 0.398. The highest BCUT2D eigenvalue weighted by atomic mass is 31.1. The van der Waals surface area contributed by atoms with E-state index in [2.05, 4.69) is 9.05 Å². The number of hydrogen-bond acceptors (Lipinski definition) is 3. The van der Waals surface area contributed by atoms with Gasteiger partial charge in [0.1, 0.15) is 0 Å². The van der Waals surface area contributed by atoms with Crippen LogP contribution in [0.3, 0.4) is 0 Å². The van der Waals surface area contributed by atoms with Gasteiger partial charge in [-0.1, -0.05) is 0 Å². The van der Waals surface area contributed by atoms with E-state index in [1.165, 1.54) is 0 Å². The fourth-order valence-electron chi connectivity index (χ4n) is 0.210. The third-order valence-corrected chi connectivity index (χ3v) is 1.19. The predicted molar refractivity (Wildman–Crippen MR) is 23.3 cm³/mol. The lowest BCUT2D eigenvalue weighted by molar-refractivity contribution is -0.302. The highest BCUT2D eigenvalue weighted by molar-refractivity contribution is 7.33. The van der Waals surface area contributed by atoms with E-state index in [9.17, 15) is 30.9 Å². The first-order valence-corrected chi connectivity index (χ1v) is 3.38. The molecule has 0 aliphatic heterocycles. The van der Waals surface area contributed by atoms with Crippen molar-refractivity contribution < 1.29 is 40.0 Å². The molecule has 0 saturated carbocycles. The van der Waals surface area contributed by atoms with Crippen molar-refractivity contribution in [3.63, 3.8) is 0 Å². The summed E-state index contributed by atoms with van der Waals surface area (Å²) < 4.78 is 80.8. The van der Waals surface area contributed by atoms with E-state index in [1.54, 1.807) is 0 Å². The molecule has 0 aromatic heterocycles. The largest absolute Gasteiger partial charge is 0.529 e. The summed E-state index contributed by atoms with van der Waals surface area (Å²) in [5.74, 6) is 0. The molecule has 0 radical (unpaired) electrons. The van der Waals surface area contributed by atoms with Gasteiger partial charge >= 0.3 is 21.0 Å². The first kappa shape index (κ1) is 11.7. The molecular weight excluding hydrogens is 217 g/mol. The average Bonchev–Trinajstić information content (AvgIpc) is 1.49. The van der Waals surface area contributed by atoms with E-state index in [0.29, 0.717) is 0 Å². The second-order valence-corrected chi connectivity index (χ2v) is 2.25. The fraction of sp³-hybridized carbons (Fsp3) is 1.00. The molecule has 10 heteroatoms. The van der Waals surface area contributed by atoms with Gasteiger partial charge in [-0.3, -0.25) is 4.57 Å². The van der Waals surface area contributed by atoms with Gasteiger partial charge in [0.2, 0.25) is 0 Å². The molecule has 0 aliphatic rings. The van der Waals surface area contributed by atoms with Gasteiger partial charge in [-0.25, -0.2) is 9.05 Å². The summed E-state index contributed by atoms with van der Waals surface area (Å²) in [6.07, 6.45) is -10.8. The maximum Gasteiger partial charge on any atom is 0.529 e. The molecule has 0 spiro atoms. The summed E-state index contributed by atoms with van der Waals surface area (Å²) in [6, 6.07) is 0. The second kappa shape index (κ2) is 3.63. The molecule has 0 bridgehead atoms. The van der Waals surface area contributed by atoms with Crippen molar-refractivity contribution in [2.24, 2.45) is 0 Å². The number of alkyl halides is 6. The van der Waals surface area contributed by atoms with E-state index in [-0.39, 0.29) is 0 Å². The Morgan fingerprint density at radius 1 is 0.833 bits per heavy atom. The smallest absolute Gasteiger partial charge is 0.263 e. The van der Waals surface area contributed by atoms with Crippen molar-refractivity contribution >= 4 is 8.25 Å². The zero-order valence-electron chi connectivity index (χ0n) is 4.99. The molecule has 0 amide bonds. The molecule has 0 fully saturated rings. The Labute approximate surface area is 62.2 Å². The second-order valence-electron chi connectivity index (χ2n) is 1.35. The predicted octanol–water partition coefficient (Wildman–Crippen LogP) is 2.45. The number of halogens is 6. The van der Waals surface area contributed by atoms with Gasteiger partial charge in [-0.05, 0) is 0 Å². The minimum absolute atomic E-state index is 2.42. The Kier molecular flexibility index (Phi) is 3.55. The third kappa shape index (κ3) is 7.83. The Hall–Kier alpha value is -0.270. The van der Waals surface area contributed by atoms with Gasteiger partial charge in [-0.2, -0.15) is 0 Å². The summed E-state index contributed by atoms with van der Waals surface area (Å²) in [4.78, 5) is 0. The Bertz CT molecular complexity index is 153. The summed E-state index contributed by atoms with van der Waals surface area (Å²) in [7, 11) is -4.60. The first-order chi connectivity index (χ1) is 5.10. The minimum atomic E-state index is -5.40. The zero-order chi connectivity index (χ0) is 9.99. The van der Waals surface area contributed by atoms with Gasteiger partial charge in [-0.15, -0.1) is 26.3 Å². The average molecular weight is 218 g/mol. The maximum absolute atomic E-state index is 11.0. The molecule has 0 saturated heterocycles. The van der Waals surface area contributed by atoms with E-state index < -0.39 is 21.0 Å². The van der Waals surface area contributed by atoms with Gasteiger partial charge in [0.05, 0.1) is 0 Å². The minimum Gasteiger partial charge on any atom is -0.263 e.